The van der Waals surface area contributed by atoms with Gasteiger partial charge in [-0.05, 0) is 61.9 Å². The summed E-state index contributed by atoms with van der Waals surface area (Å²) in [6, 6.07) is 14.5. The number of aromatic nitrogens is 2. The molecule has 0 radical (unpaired) electrons. The van der Waals surface area contributed by atoms with E-state index in [-0.39, 0.29) is 11.4 Å². The van der Waals surface area contributed by atoms with Gasteiger partial charge in [-0.3, -0.25) is 9.29 Å². The fourth-order valence-corrected chi connectivity index (χ4v) is 5.97. The summed E-state index contributed by atoms with van der Waals surface area (Å²) >= 11 is 1.49. The van der Waals surface area contributed by atoms with Gasteiger partial charge in [0.25, 0.3) is 10.0 Å². The van der Waals surface area contributed by atoms with Crippen molar-refractivity contribution in [3.05, 3.63) is 65.3 Å². The van der Waals surface area contributed by atoms with Gasteiger partial charge < -0.3 is 4.74 Å². The van der Waals surface area contributed by atoms with Gasteiger partial charge in [-0.15, -0.1) is 11.3 Å². The lowest BCUT2D eigenvalue weighted by Crippen LogP contribution is -2.37. The maximum Gasteiger partial charge on any atom is 0.264 e. The second kappa shape index (κ2) is 7.07. The van der Waals surface area contributed by atoms with E-state index in [0.717, 1.165) is 32.0 Å². The molecule has 4 aromatic rings. The third kappa shape index (κ3) is 3.22. The van der Waals surface area contributed by atoms with Gasteiger partial charge in [-0.25, -0.2) is 13.4 Å². The van der Waals surface area contributed by atoms with E-state index < -0.39 is 10.0 Å². The first-order valence-corrected chi connectivity index (χ1v) is 11.8. The SMILES string of the molecule is Cc1ccc(-c2ccc3c(c2)N(S(=O)(=O)c2ccc4nc(C)sc4c2)CCO3)nc1. The highest BCUT2D eigenvalue weighted by atomic mass is 32.2. The van der Waals surface area contributed by atoms with Crippen LogP contribution < -0.4 is 9.04 Å². The van der Waals surface area contributed by atoms with Crippen LogP contribution in [-0.4, -0.2) is 31.5 Å². The van der Waals surface area contributed by atoms with Gasteiger partial charge in [0.15, 0.2) is 0 Å². The van der Waals surface area contributed by atoms with Gasteiger partial charge in [0.2, 0.25) is 0 Å². The van der Waals surface area contributed by atoms with Crippen molar-refractivity contribution in [2.24, 2.45) is 0 Å². The summed E-state index contributed by atoms with van der Waals surface area (Å²) in [4.78, 5) is 9.14. The standard InChI is InChI=1S/C22H19N3O3S2/c1-14-3-6-18(23-13-14)16-4-8-21-20(11-16)25(9-10-28-21)30(26,27)17-5-7-19-22(12-17)29-15(2)24-19/h3-8,11-13H,9-10H2,1-2H3. The van der Waals surface area contributed by atoms with Gasteiger partial charge in [0.1, 0.15) is 12.4 Å². The predicted octanol–water partition coefficient (Wildman–Crippen LogP) is 4.56. The van der Waals surface area contributed by atoms with E-state index in [1.165, 1.54) is 15.6 Å². The van der Waals surface area contributed by atoms with Crippen molar-refractivity contribution in [3.63, 3.8) is 0 Å². The molecule has 5 rings (SSSR count). The van der Waals surface area contributed by atoms with Crippen LogP contribution in [0.3, 0.4) is 0 Å². The van der Waals surface area contributed by atoms with Crippen LogP contribution in [0.15, 0.2) is 59.6 Å². The average molecular weight is 438 g/mol. The summed E-state index contributed by atoms with van der Waals surface area (Å²) in [5, 5.41) is 0.909. The molecule has 0 fully saturated rings. The van der Waals surface area contributed by atoms with E-state index >= 15 is 0 Å². The van der Waals surface area contributed by atoms with Crippen LogP contribution in [0, 0.1) is 13.8 Å². The molecule has 1 aliphatic heterocycles. The van der Waals surface area contributed by atoms with Crippen LogP contribution in [0.25, 0.3) is 21.5 Å². The molecule has 6 nitrogen and oxygen atoms in total. The van der Waals surface area contributed by atoms with Crippen LogP contribution in [0.1, 0.15) is 10.6 Å². The first-order chi connectivity index (χ1) is 14.4. The Morgan fingerprint density at radius 3 is 2.73 bits per heavy atom. The van der Waals surface area contributed by atoms with Crippen molar-refractivity contribution in [2.45, 2.75) is 18.7 Å². The number of fused-ring (bicyclic) bond motifs is 2. The van der Waals surface area contributed by atoms with E-state index in [4.69, 9.17) is 4.74 Å². The van der Waals surface area contributed by atoms with Crippen molar-refractivity contribution in [3.8, 4) is 17.0 Å². The van der Waals surface area contributed by atoms with Gasteiger partial charge in [-0.2, -0.15) is 0 Å². The molecule has 0 saturated heterocycles. The molecule has 3 heterocycles. The summed E-state index contributed by atoms with van der Waals surface area (Å²) < 4.78 is 35.1. The van der Waals surface area contributed by atoms with E-state index in [2.05, 4.69) is 9.97 Å². The maximum atomic E-state index is 13.5. The van der Waals surface area contributed by atoms with Crippen LogP contribution in [0.4, 0.5) is 5.69 Å². The smallest absolute Gasteiger partial charge is 0.264 e. The van der Waals surface area contributed by atoms with Crippen LogP contribution >= 0.6 is 11.3 Å². The Labute approximate surface area is 178 Å². The van der Waals surface area contributed by atoms with Crippen molar-refractivity contribution in [1.29, 1.82) is 0 Å². The van der Waals surface area contributed by atoms with Crippen molar-refractivity contribution in [1.82, 2.24) is 9.97 Å². The highest BCUT2D eigenvalue weighted by molar-refractivity contribution is 7.92. The first kappa shape index (κ1) is 19.0. The Morgan fingerprint density at radius 1 is 1.07 bits per heavy atom. The molecular weight excluding hydrogens is 418 g/mol. The van der Waals surface area contributed by atoms with E-state index in [1.807, 2.05) is 44.2 Å². The molecule has 0 saturated carbocycles. The second-order valence-corrected chi connectivity index (χ2v) is 10.3. The lowest BCUT2D eigenvalue weighted by molar-refractivity contribution is 0.316. The van der Waals surface area contributed by atoms with Crippen molar-refractivity contribution < 1.29 is 13.2 Å². The Bertz CT molecular complexity index is 1360. The number of benzene rings is 2. The average Bonchev–Trinajstić information content (AvgIpc) is 3.12. The number of aryl methyl sites for hydroxylation is 2. The number of anilines is 1. The molecule has 0 amide bonds. The molecule has 152 valence electrons. The molecule has 0 N–H and O–H groups in total. The molecule has 0 bridgehead atoms. The van der Waals surface area contributed by atoms with Crippen LogP contribution in [0.5, 0.6) is 5.75 Å². The number of ether oxygens (including phenoxy) is 1. The highest BCUT2D eigenvalue weighted by Gasteiger charge is 2.31. The Morgan fingerprint density at radius 2 is 1.93 bits per heavy atom. The number of rotatable bonds is 3. The lowest BCUT2D eigenvalue weighted by Gasteiger charge is -2.30. The van der Waals surface area contributed by atoms with Gasteiger partial charge >= 0.3 is 0 Å². The lowest BCUT2D eigenvalue weighted by atomic mass is 10.1. The zero-order chi connectivity index (χ0) is 20.9. The third-order valence-corrected chi connectivity index (χ3v) is 7.78. The van der Waals surface area contributed by atoms with E-state index in [1.54, 1.807) is 24.4 Å². The minimum absolute atomic E-state index is 0.250. The number of thiazole rings is 1. The zero-order valence-electron chi connectivity index (χ0n) is 16.5. The molecule has 0 aliphatic carbocycles. The molecule has 0 unspecified atom stereocenters. The molecule has 8 heteroatoms. The minimum Gasteiger partial charge on any atom is -0.489 e. The first-order valence-electron chi connectivity index (χ1n) is 9.52. The summed E-state index contributed by atoms with van der Waals surface area (Å²) in [6.45, 7) is 4.45. The fraction of sp³-hybridized carbons (Fsp3) is 0.182. The van der Waals surface area contributed by atoms with E-state index in [9.17, 15) is 8.42 Å². The van der Waals surface area contributed by atoms with Crippen molar-refractivity contribution in [2.75, 3.05) is 17.5 Å². The molecule has 1 aliphatic rings. The normalized spacial score (nSPS) is 13.9. The van der Waals surface area contributed by atoms with Gasteiger partial charge in [0, 0.05) is 11.8 Å². The number of sulfonamides is 1. The Kier molecular flexibility index (Phi) is 4.48. The summed E-state index contributed by atoms with van der Waals surface area (Å²) in [5.41, 5.74) is 4.03. The van der Waals surface area contributed by atoms with Crippen LogP contribution in [-0.2, 0) is 10.0 Å². The third-order valence-electron chi connectivity index (χ3n) is 5.04. The monoisotopic (exact) mass is 437 g/mol. The van der Waals surface area contributed by atoms with Crippen molar-refractivity contribution >= 4 is 37.3 Å². The Hall–Kier alpha value is -2.97. The predicted molar refractivity (Wildman–Crippen MR) is 119 cm³/mol. The number of hydrogen-bond acceptors (Lipinski definition) is 6. The number of hydrogen-bond donors (Lipinski definition) is 0. The molecular formula is C22H19N3O3S2. The molecule has 2 aromatic heterocycles. The largest absolute Gasteiger partial charge is 0.489 e. The number of pyridine rings is 1. The van der Waals surface area contributed by atoms with Crippen LogP contribution in [0.2, 0.25) is 0 Å². The van der Waals surface area contributed by atoms with E-state index in [0.29, 0.717) is 18.0 Å². The Balaban J connectivity index is 1.59. The highest BCUT2D eigenvalue weighted by Crippen LogP contribution is 2.38. The summed E-state index contributed by atoms with van der Waals surface area (Å²) in [7, 11) is -3.75. The second-order valence-electron chi connectivity index (χ2n) is 7.19. The topological polar surface area (TPSA) is 72.4 Å². The maximum absolute atomic E-state index is 13.5. The quantitative estimate of drug-likeness (QED) is 0.470. The number of nitrogens with zero attached hydrogens (tertiary/aromatic N) is 3. The molecule has 30 heavy (non-hydrogen) atoms. The minimum atomic E-state index is -3.75. The van der Waals surface area contributed by atoms with Gasteiger partial charge in [0.05, 0.1) is 38.0 Å². The van der Waals surface area contributed by atoms with Gasteiger partial charge in [-0.1, -0.05) is 6.07 Å². The molecule has 0 atom stereocenters. The summed E-state index contributed by atoms with van der Waals surface area (Å²) in [6.07, 6.45) is 1.80. The fourth-order valence-electron chi connectivity index (χ4n) is 3.55. The zero-order valence-corrected chi connectivity index (χ0v) is 18.1. The molecule has 0 spiro atoms. The summed E-state index contributed by atoms with van der Waals surface area (Å²) in [5.74, 6) is 0.551. The molecule has 2 aromatic carbocycles.